The Morgan fingerprint density at radius 3 is 2.46 bits per heavy atom. The molecule has 26 heavy (non-hydrogen) atoms. The average Bonchev–Trinajstić information content (AvgIpc) is 3.20. The summed E-state index contributed by atoms with van der Waals surface area (Å²) in [5, 5.41) is 0. The highest BCUT2D eigenvalue weighted by Gasteiger charge is 2.23. The molecule has 0 saturated carbocycles. The van der Waals surface area contributed by atoms with Crippen LogP contribution in [0.2, 0.25) is 0 Å². The van der Waals surface area contributed by atoms with Gasteiger partial charge in [0.25, 0.3) is 11.8 Å². The first-order chi connectivity index (χ1) is 12.6. The number of hydrogen-bond acceptors (Lipinski definition) is 3. The van der Waals surface area contributed by atoms with Gasteiger partial charge in [-0.1, -0.05) is 30.3 Å². The third kappa shape index (κ3) is 4.10. The molecule has 0 N–H and O–H groups in total. The van der Waals surface area contributed by atoms with Gasteiger partial charge in [0.1, 0.15) is 5.69 Å². The lowest BCUT2D eigenvalue weighted by Crippen LogP contribution is -2.37. The molecule has 1 aliphatic heterocycles. The molecule has 0 atom stereocenters. The highest BCUT2D eigenvalue weighted by Crippen LogP contribution is 2.16. The van der Waals surface area contributed by atoms with Crippen LogP contribution in [-0.2, 0) is 6.54 Å². The van der Waals surface area contributed by atoms with Crippen LogP contribution in [-0.4, -0.2) is 45.7 Å². The molecule has 3 rings (SSSR count). The Labute approximate surface area is 154 Å². The molecule has 1 aliphatic rings. The molecular weight excluding hydrogens is 326 g/mol. The summed E-state index contributed by atoms with van der Waals surface area (Å²) in [5.41, 5.74) is 1.92. The molecule has 136 valence electrons. The summed E-state index contributed by atoms with van der Waals surface area (Å²) < 4.78 is 0. The fourth-order valence-corrected chi connectivity index (χ4v) is 3.20. The number of amides is 2. The molecule has 0 bridgehead atoms. The predicted octanol–water partition coefficient (Wildman–Crippen LogP) is 3.37. The minimum atomic E-state index is -0.153. The second kappa shape index (κ2) is 8.13. The van der Waals surface area contributed by atoms with Crippen LogP contribution in [0.15, 0.2) is 48.7 Å². The van der Waals surface area contributed by atoms with Crippen molar-refractivity contribution in [1.82, 2.24) is 14.8 Å². The van der Waals surface area contributed by atoms with E-state index in [9.17, 15) is 9.59 Å². The monoisotopic (exact) mass is 351 g/mol. The smallest absolute Gasteiger partial charge is 0.272 e. The molecule has 2 heterocycles. The van der Waals surface area contributed by atoms with Crippen LogP contribution in [0.3, 0.4) is 0 Å². The first-order valence-corrected chi connectivity index (χ1v) is 9.16. The van der Waals surface area contributed by atoms with Crippen molar-refractivity contribution in [3.05, 3.63) is 65.5 Å². The van der Waals surface area contributed by atoms with Crippen molar-refractivity contribution in [3.8, 4) is 0 Å². The number of rotatable bonds is 5. The van der Waals surface area contributed by atoms with Crippen LogP contribution in [0, 0.1) is 0 Å². The van der Waals surface area contributed by atoms with Crippen molar-refractivity contribution in [1.29, 1.82) is 0 Å². The molecule has 0 aliphatic carbocycles. The maximum Gasteiger partial charge on any atom is 0.272 e. The maximum absolute atomic E-state index is 13.0. The molecule has 1 aromatic carbocycles. The molecular formula is C21H25N3O2. The Morgan fingerprint density at radius 1 is 1.12 bits per heavy atom. The Kier molecular flexibility index (Phi) is 5.66. The van der Waals surface area contributed by atoms with E-state index in [1.165, 1.54) is 0 Å². The fraction of sp³-hybridized carbons (Fsp3) is 0.381. The van der Waals surface area contributed by atoms with Crippen LogP contribution in [0.25, 0.3) is 0 Å². The number of hydrogen-bond donors (Lipinski definition) is 0. The number of likely N-dealkylation sites (tertiary alicyclic amines) is 1. The lowest BCUT2D eigenvalue weighted by molar-refractivity contribution is 0.0684. The Bertz CT molecular complexity index is 768. The maximum atomic E-state index is 13.0. The van der Waals surface area contributed by atoms with Gasteiger partial charge in [-0.3, -0.25) is 14.6 Å². The number of nitrogens with zero attached hydrogens (tertiary/aromatic N) is 3. The first-order valence-electron chi connectivity index (χ1n) is 9.16. The lowest BCUT2D eigenvalue weighted by atomic mass is 10.1. The normalized spacial score (nSPS) is 13.9. The number of carbonyl (C=O) groups is 2. The summed E-state index contributed by atoms with van der Waals surface area (Å²) in [5.74, 6) is -0.168. The molecule has 2 amide bonds. The number of benzene rings is 1. The van der Waals surface area contributed by atoms with E-state index in [-0.39, 0.29) is 17.9 Å². The van der Waals surface area contributed by atoms with Crippen molar-refractivity contribution < 1.29 is 9.59 Å². The molecule has 5 nitrogen and oxygen atoms in total. The van der Waals surface area contributed by atoms with E-state index in [1.54, 1.807) is 23.2 Å². The van der Waals surface area contributed by atoms with Gasteiger partial charge < -0.3 is 9.80 Å². The van der Waals surface area contributed by atoms with Gasteiger partial charge in [0.2, 0.25) is 0 Å². The SMILES string of the molecule is CC(C)N(Cc1ccccc1)C(=O)c1cc(C(=O)N2CCCC2)ccn1. The summed E-state index contributed by atoms with van der Waals surface area (Å²) >= 11 is 0. The highest BCUT2D eigenvalue weighted by molar-refractivity contribution is 5.98. The van der Waals surface area contributed by atoms with Crippen molar-refractivity contribution in [3.63, 3.8) is 0 Å². The van der Waals surface area contributed by atoms with Gasteiger partial charge in [-0.25, -0.2) is 0 Å². The van der Waals surface area contributed by atoms with Crippen LogP contribution in [0.1, 0.15) is 53.1 Å². The Morgan fingerprint density at radius 2 is 1.81 bits per heavy atom. The van der Waals surface area contributed by atoms with Crippen LogP contribution >= 0.6 is 0 Å². The minimum absolute atomic E-state index is 0.0156. The summed E-state index contributed by atoms with van der Waals surface area (Å²) in [6.07, 6.45) is 3.64. The molecule has 0 unspecified atom stereocenters. The van der Waals surface area contributed by atoms with Crippen molar-refractivity contribution in [2.75, 3.05) is 13.1 Å². The zero-order valence-electron chi connectivity index (χ0n) is 15.4. The van der Waals surface area contributed by atoms with E-state index in [0.717, 1.165) is 31.5 Å². The van der Waals surface area contributed by atoms with Gasteiger partial charge in [0.05, 0.1) is 0 Å². The standard InChI is InChI=1S/C21H25N3O2/c1-16(2)24(15-17-8-4-3-5-9-17)21(26)19-14-18(10-11-22-19)20(25)23-12-6-7-13-23/h3-5,8-11,14,16H,6-7,12-13,15H2,1-2H3. The molecule has 1 saturated heterocycles. The van der Waals surface area contributed by atoms with Gasteiger partial charge in [0.15, 0.2) is 0 Å². The molecule has 0 spiro atoms. The van der Waals surface area contributed by atoms with Crippen LogP contribution < -0.4 is 0 Å². The first kappa shape index (κ1) is 18.1. The highest BCUT2D eigenvalue weighted by atomic mass is 16.2. The second-order valence-corrected chi connectivity index (χ2v) is 6.94. The minimum Gasteiger partial charge on any atom is -0.339 e. The van der Waals surface area contributed by atoms with Gasteiger partial charge in [-0.05, 0) is 44.4 Å². The zero-order valence-corrected chi connectivity index (χ0v) is 15.4. The zero-order chi connectivity index (χ0) is 18.5. The molecule has 0 radical (unpaired) electrons. The van der Waals surface area contributed by atoms with Gasteiger partial charge in [-0.15, -0.1) is 0 Å². The number of pyridine rings is 1. The fourth-order valence-electron chi connectivity index (χ4n) is 3.20. The van der Waals surface area contributed by atoms with Crippen molar-refractivity contribution >= 4 is 11.8 Å². The van der Waals surface area contributed by atoms with Crippen LogP contribution in [0.4, 0.5) is 0 Å². The summed E-state index contributed by atoms with van der Waals surface area (Å²) in [7, 11) is 0. The van der Waals surface area contributed by atoms with E-state index in [2.05, 4.69) is 4.98 Å². The van der Waals surface area contributed by atoms with Gasteiger partial charge in [-0.2, -0.15) is 0 Å². The third-order valence-electron chi connectivity index (χ3n) is 4.70. The summed E-state index contributed by atoms with van der Waals surface area (Å²) in [6.45, 7) is 6.07. The molecule has 5 heteroatoms. The average molecular weight is 351 g/mol. The second-order valence-electron chi connectivity index (χ2n) is 6.94. The topological polar surface area (TPSA) is 53.5 Å². The summed E-state index contributed by atoms with van der Waals surface area (Å²) in [4.78, 5) is 33.5. The van der Waals surface area contributed by atoms with Crippen LogP contribution in [0.5, 0.6) is 0 Å². The van der Waals surface area contributed by atoms with Crippen molar-refractivity contribution in [2.24, 2.45) is 0 Å². The lowest BCUT2D eigenvalue weighted by Gasteiger charge is -2.26. The molecule has 2 aromatic rings. The van der Waals surface area contributed by atoms with E-state index in [0.29, 0.717) is 17.8 Å². The Hall–Kier alpha value is -2.69. The third-order valence-corrected chi connectivity index (χ3v) is 4.70. The van der Waals surface area contributed by atoms with E-state index >= 15 is 0 Å². The molecule has 1 aromatic heterocycles. The van der Waals surface area contributed by atoms with E-state index < -0.39 is 0 Å². The quantitative estimate of drug-likeness (QED) is 0.830. The van der Waals surface area contributed by atoms with E-state index in [4.69, 9.17) is 0 Å². The number of carbonyl (C=O) groups excluding carboxylic acids is 2. The van der Waals surface area contributed by atoms with Gasteiger partial charge in [0, 0.05) is 37.4 Å². The largest absolute Gasteiger partial charge is 0.339 e. The summed E-state index contributed by atoms with van der Waals surface area (Å²) in [6, 6.07) is 13.2. The van der Waals surface area contributed by atoms with E-state index in [1.807, 2.05) is 49.1 Å². The predicted molar refractivity (Wildman–Crippen MR) is 101 cm³/mol. The Balaban J connectivity index is 1.80. The number of aromatic nitrogens is 1. The van der Waals surface area contributed by atoms with Crippen molar-refractivity contribution in [2.45, 2.75) is 39.3 Å². The molecule has 1 fully saturated rings. The van der Waals surface area contributed by atoms with Gasteiger partial charge >= 0.3 is 0 Å².